The van der Waals surface area contributed by atoms with Crippen molar-refractivity contribution in [3.05, 3.63) is 66.1 Å². The van der Waals surface area contributed by atoms with E-state index in [0.717, 1.165) is 50.0 Å². The third-order valence-electron chi connectivity index (χ3n) is 4.73. The molecule has 148 valence electrons. The second-order valence-electron chi connectivity index (χ2n) is 7.60. The normalized spacial score (nSPS) is 11.1. The summed E-state index contributed by atoms with van der Waals surface area (Å²) in [6.07, 6.45) is 6.43. The van der Waals surface area contributed by atoms with Crippen molar-refractivity contribution < 1.29 is 9.15 Å². The van der Waals surface area contributed by atoms with Gasteiger partial charge in [0.1, 0.15) is 5.75 Å². The molecule has 0 saturated heterocycles. The smallest absolute Gasteiger partial charge is 0.247 e. The van der Waals surface area contributed by atoms with Crippen LogP contribution in [-0.4, -0.2) is 16.8 Å². The summed E-state index contributed by atoms with van der Waals surface area (Å²) in [7, 11) is 0. The zero-order valence-corrected chi connectivity index (χ0v) is 16.9. The number of aromatic nitrogens is 2. The molecule has 4 nitrogen and oxygen atoms in total. The number of benzene rings is 2. The largest absolute Gasteiger partial charge is 0.494 e. The van der Waals surface area contributed by atoms with Crippen LogP contribution in [0.4, 0.5) is 0 Å². The second kappa shape index (κ2) is 10.6. The summed E-state index contributed by atoms with van der Waals surface area (Å²) in [5, 5.41) is 8.38. The molecule has 0 N–H and O–H groups in total. The van der Waals surface area contributed by atoms with E-state index >= 15 is 0 Å². The molecular formula is C24H30N2O2. The molecule has 0 amide bonds. The molecule has 28 heavy (non-hydrogen) atoms. The summed E-state index contributed by atoms with van der Waals surface area (Å²) >= 11 is 0. The van der Waals surface area contributed by atoms with E-state index in [4.69, 9.17) is 9.15 Å². The van der Waals surface area contributed by atoms with Gasteiger partial charge >= 0.3 is 0 Å². The SMILES string of the molecule is CC(C)CCOc1ccc(-c2nnc(CCCCCc3ccccc3)o2)cc1. The Balaban J connectivity index is 1.41. The highest BCUT2D eigenvalue weighted by molar-refractivity contribution is 5.53. The molecule has 4 heteroatoms. The molecule has 1 heterocycles. The van der Waals surface area contributed by atoms with Gasteiger partial charge in [-0.05, 0) is 61.4 Å². The minimum atomic E-state index is 0.577. The molecule has 3 rings (SSSR count). The molecule has 0 bridgehead atoms. The fraction of sp³-hybridized carbons (Fsp3) is 0.417. The van der Waals surface area contributed by atoms with Gasteiger partial charge in [-0.2, -0.15) is 0 Å². The Bertz CT molecular complexity index is 810. The van der Waals surface area contributed by atoms with Crippen molar-refractivity contribution in [2.75, 3.05) is 6.61 Å². The molecule has 0 saturated carbocycles. The Morgan fingerprint density at radius 3 is 2.36 bits per heavy atom. The number of hydrogen-bond donors (Lipinski definition) is 0. The van der Waals surface area contributed by atoms with Gasteiger partial charge in [0.2, 0.25) is 11.8 Å². The van der Waals surface area contributed by atoms with Gasteiger partial charge in [-0.1, -0.05) is 50.6 Å². The third kappa shape index (κ3) is 6.52. The molecule has 0 radical (unpaired) electrons. The van der Waals surface area contributed by atoms with Crippen LogP contribution < -0.4 is 4.74 Å². The standard InChI is InChI=1S/C24H30N2O2/c1-19(2)17-18-27-22-15-13-21(14-16-22)24-26-25-23(28-24)12-8-4-7-11-20-9-5-3-6-10-20/h3,5-6,9-10,13-16,19H,4,7-8,11-12,17-18H2,1-2H3. The first-order valence-electron chi connectivity index (χ1n) is 10.3. The van der Waals surface area contributed by atoms with Crippen LogP contribution in [0, 0.1) is 5.92 Å². The van der Waals surface area contributed by atoms with Crippen molar-refractivity contribution in [2.24, 2.45) is 5.92 Å². The third-order valence-corrected chi connectivity index (χ3v) is 4.73. The van der Waals surface area contributed by atoms with Crippen LogP contribution in [0.15, 0.2) is 59.0 Å². The molecule has 0 atom stereocenters. The van der Waals surface area contributed by atoms with Crippen LogP contribution >= 0.6 is 0 Å². The van der Waals surface area contributed by atoms with Crippen molar-refractivity contribution in [1.29, 1.82) is 0 Å². The maximum absolute atomic E-state index is 5.82. The van der Waals surface area contributed by atoms with Gasteiger partial charge in [0.25, 0.3) is 0 Å². The lowest BCUT2D eigenvalue weighted by Crippen LogP contribution is -2.01. The van der Waals surface area contributed by atoms with E-state index in [0.29, 0.717) is 17.7 Å². The number of unbranched alkanes of at least 4 members (excludes halogenated alkanes) is 2. The average Bonchev–Trinajstić information content (AvgIpc) is 3.18. The van der Waals surface area contributed by atoms with Crippen LogP contribution in [0.3, 0.4) is 0 Å². The summed E-state index contributed by atoms with van der Waals surface area (Å²) in [4.78, 5) is 0. The first-order chi connectivity index (χ1) is 13.7. The predicted octanol–water partition coefficient (Wildman–Crippen LogP) is 6.12. The van der Waals surface area contributed by atoms with Crippen LogP contribution in [0.1, 0.15) is 51.0 Å². The quantitative estimate of drug-likeness (QED) is 0.377. The number of nitrogens with zero attached hydrogens (tertiary/aromatic N) is 2. The summed E-state index contributed by atoms with van der Waals surface area (Å²) in [5.74, 6) is 2.82. The zero-order chi connectivity index (χ0) is 19.6. The van der Waals surface area contributed by atoms with Crippen LogP contribution in [-0.2, 0) is 12.8 Å². The molecule has 0 aliphatic heterocycles. The van der Waals surface area contributed by atoms with E-state index < -0.39 is 0 Å². The number of hydrogen-bond acceptors (Lipinski definition) is 4. The summed E-state index contributed by atoms with van der Waals surface area (Å²) in [5.41, 5.74) is 2.33. The van der Waals surface area contributed by atoms with E-state index in [1.165, 1.54) is 12.0 Å². The Morgan fingerprint density at radius 1 is 0.857 bits per heavy atom. The van der Waals surface area contributed by atoms with E-state index in [9.17, 15) is 0 Å². The monoisotopic (exact) mass is 378 g/mol. The highest BCUT2D eigenvalue weighted by Crippen LogP contribution is 2.22. The van der Waals surface area contributed by atoms with Crippen molar-refractivity contribution >= 4 is 0 Å². The molecular weight excluding hydrogens is 348 g/mol. The highest BCUT2D eigenvalue weighted by atomic mass is 16.5. The van der Waals surface area contributed by atoms with Crippen molar-refractivity contribution in [2.45, 2.75) is 52.4 Å². The Hall–Kier alpha value is -2.62. The van der Waals surface area contributed by atoms with Gasteiger partial charge in [-0.15, -0.1) is 10.2 Å². The first-order valence-corrected chi connectivity index (χ1v) is 10.3. The minimum absolute atomic E-state index is 0.577. The molecule has 0 unspecified atom stereocenters. The Kier molecular flexibility index (Phi) is 7.65. The summed E-state index contributed by atoms with van der Waals surface area (Å²) in [6, 6.07) is 18.5. The van der Waals surface area contributed by atoms with E-state index in [1.807, 2.05) is 24.3 Å². The van der Waals surface area contributed by atoms with Gasteiger partial charge < -0.3 is 9.15 Å². The van der Waals surface area contributed by atoms with E-state index in [1.54, 1.807) is 0 Å². The molecule has 2 aromatic carbocycles. The lowest BCUT2D eigenvalue weighted by molar-refractivity contribution is 0.289. The fourth-order valence-corrected chi connectivity index (χ4v) is 3.00. The minimum Gasteiger partial charge on any atom is -0.494 e. The molecule has 0 aliphatic carbocycles. The maximum atomic E-state index is 5.82. The molecule has 0 fully saturated rings. The number of aryl methyl sites for hydroxylation is 2. The van der Waals surface area contributed by atoms with Gasteiger partial charge in [-0.3, -0.25) is 0 Å². The molecule has 3 aromatic rings. The maximum Gasteiger partial charge on any atom is 0.247 e. The average molecular weight is 379 g/mol. The lowest BCUT2D eigenvalue weighted by Gasteiger charge is -2.08. The number of ether oxygens (including phenoxy) is 1. The van der Waals surface area contributed by atoms with Gasteiger partial charge in [0.15, 0.2) is 0 Å². The topological polar surface area (TPSA) is 48.2 Å². The fourth-order valence-electron chi connectivity index (χ4n) is 3.00. The predicted molar refractivity (Wildman–Crippen MR) is 112 cm³/mol. The summed E-state index contributed by atoms with van der Waals surface area (Å²) in [6.45, 7) is 5.14. The van der Waals surface area contributed by atoms with Gasteiger partial charge in [0, 0.05) is 12.0 Å². The molecule has 0 spiro atoms. The van der Waals surface area contributed by atoms with Gasteiger partial charge in [-0.25, -0.2) is 0 Å². The molecule has 0 aliphatic rings. The lowest BCUT2D eigenvalue weighted by atomic mass is 10.1. The van der Waals surface area contributed by atoms with E-state index in [-0.39, 0.29) is 0 Å². The highest BCUT2D eigenvalue weighted by Gasteiger charge is 2.09. The van der Waals surface area contributed by atoms with Crippen molar-refractivity contribution in [3.63, 3.8) is 0 Å². The second-order valence-corrected chi connectivity index (χ2v) is 7.60. The Labute approximate surface area is 168 Å². The van der Waals surface area contributed by atoms with Gasteiger partial charge in [0.05, 0.1) is 6.61 Å². The van der Waals surface area contributed by atoms with Crippen LogP contribution in [0.5, 0.6) is 5.75 Å². The van der Waals surface area contributed by atoms with Crippen molar-refractivity contribution in [3.8, 4) is 17.2 Å². The Morgan fingerprint density at radius 2 is 1.61 bits per heavy atom. The van der Waals surface area contributed by atoms with Crippen LogP contribution in [0.25, 0.3) is 11.5 Å². The van der Waals surface area contributed by atoms with E-state index in [2.05, 4.69) is 54.4 Å². The first kappa shape index (κ1) is 20.1. The van der Waals surface area contributed by atoms with Crippen LogP contribution in [0.2, 0.25) is 0 Å². The zero-order valence-electron chi connectivity index (χ0n) is 16.9. The number of rotatable bonds is 11. The van der Waals surface area contributed by atoms with Crippen molar-refractivity contribution in [1.82, 2.24) is 10.2 Å². The molecule has 1 aromatic heterocycles. The summed E-state index contributed by atoms with van der Waals surface area (Å²) < 4.78 is 11.6.